The Labute approximate surface area is 138 Å². The van der Waals surface area contributed by atoms with Gasteiger partial charge in [-0.05, 0) is 24.6 Å². The van der Waals surface area contributed by atoms with E-state index < -0.39 is 23.7 Å². The van der Waals surface area contributed by atoms with E-state index in [1.807, 2.05) is 19.1 Å². The van der Waals surface area contributed by atoms with Crippen LogP contribution in [0.3, 0.4) is 0 Å². The van der Waals surface area contributed by atoms with Gasteiger partial charge in [-0.15, -0.1) is 11.8 Å². The summed E-state index contributed by atoms with van der Waals surface area (Å²) in [6, 6.07) is 5.66. The number of ether oxygens (including phenoxy) is 1. The average Bonchev–Trinajstić information content (AvgIpc) is 2.56. The van der Waals surface area contributed by atoms with Crippen molar-refractivity contribution in [2.45, 2.75) is 30.7 Å². The van der Waals surface area contributed by atoms with Gasteiger partial charge in [0.1, 0.15) is 18.0 Å². The highest BCUT2D eigenvalue weighted by Crippen LogP contribution is 2.30. The number of nitrogens with zero attached hydrogens (tertiary/aromatic N) is 2. The summed E-state index contributed by atoms with van der Waals surface area (Å²) in [4.78, 5) is 8.49. The van der Waals surface area contributed by atoms with Crippen molar-refractivity contribution in [3.8, 4) is 17.0 Å². The molecule has 0 unspecified atom stereocenters. The molecule has 0 saturated carbocycles. The Morgan fingerprint density at radius 2 is 1.96 bits per heavy atom. The van der Waals surface area contributed by atoms with Crippen molar-refractivity contribution in [2.75, 3.05) is 5.75 Å². The van der Waals surface area contributed by atoms with Crippen LogP contribution in [0.1, 0.15) is 5.56 Å². The normalized spacial score (nSPS) is 27.7. The minimum atomic E-state index is -1.21. The molecule has 3 heterocycles. The monoisotopic (exact) mass is 334 g/mol. The minimum absolute atomic E-state index is 0.301. The minimum Gasteiger partial charge on any atom is -0.475 e. The summed E-state index contributed by atoms with van der Waals surface area (Å²) in [7, 11) is 0. The molecule has 2 aromatic rings. The summed E-state index contributed by atoms with van der Waals surface area (Å²) in [5.74, 6) is 0.778. The van der Waals surface area contributed by atoms with Gasteiger partial charge in [-0.2, -0.15) is 0 Å². The van der Waals surface area contributed by atoms with Crippen LogP contribution in [-0.4, -0.2) is 54.8 Å². The van der Waals surface area contributed by atoms with Gasteiger partial charge in [-0.3, -0.25) is 9.97 Å². The second-order valence-corrected chi connectivity index (χ2v) is 6.63. The van der Waals surface area contributed by atoms with Gasteiger partial charge in [0.15, 0.2) is 5.44 Å². The molecule has 3 rings (SSSR count). The van der Waals surface area contributed by atoms with Crippen LogP contribution in [0.15, 0.2) is 36.8 Å². The number of hydrogen-bond acceptors (Lipinski definition) is 7. The van der Waals surface area contributed by atoms with Crippen molar-refractivity contribution in [2.24, 2.45) is 0 Å². The molecule has 7 heteroatoms. The van der Waals surface area contributed by atoms with Crippen molar-refractivity contribution in [1.29, 1.82) is 0 Å². The molecule has 2 aromatic heterocycles. The molecule has 0 aromatic carbocycles. The predicted octanol–water partition coefficient (Wildman–Crippen LogP) is 0.986. The number of aliphatic hydroxyl groups is 3. The fourth-order valence-corrected chi connectivity index (χ4v) is 3.40. The lowest BCUT2D eigenvalue weighted by atomic mass is 10.1. The van der Waals surface area contributed by atoms with Crippen molar-refractivity contribution in [3.63, 3.8) is 0 Å². The van der Waals surface area contributed by atoms with E-state index in [4.69, 9.17) is 4.74 Å². The molecule has 6 nitrogen and oxygen atoms in total. The molecule has 3 N–H and O–H groups in total. The van der Waals surface area contributed by atoms with Gasteiger partial charge < -0.3 is 20.1 Å². The van der Waals surface area contributed by atoms with Crippen LogP contribution >= 0.6 is 11.8 Å². The Morgan fingerprint density at radius 3 is 2.70 bits per heavy atom. The summed E-state index contributed by atoms with van der Waals surface area (Å²) in [6.07, 6.45) is 1.69. The van der Waals surface area contributed by atoms with Crippen LogP contribution in [0.25, 0.3) is 11.3 Å². The third kappa shape index (κ3) is 3.64. The maximum absolute atomic E-state index is 10.00. The van der Waals surface area contributed by atoms with Gasteiger partial charge >= 0.3 is 0 Å². The lowest BCUT2D eigenvalue weighted by molar-refractivity contribution is -0.0786. The highest BCUT2D eigenvalue weighted by Gasteiger charge is 2.38. The first-order valence-electron chi connectivity index (χ1n) is 7.25. The van der Waals surface area contributed by atoms with E-state index >= 15 is 0 Å². The van der Waals surface area contributed by atoms with E-state index in [1.54, 1.807) is 24.7 Å². The van der Waals surface area contributed by atoms with Gasteiger partial charge in [0.25, 0.3) is 0 Å². The highest BCUT2D eigenvalue weighted by atomic mass is 32.2. The Bertz CT molecular complexity index is 667. The molecule has 1 aliphatic heterocycles. The molecule has 4 atom stereocenters. The fourth-order valence-electron chi connectivity index (χ4n) is 2.28. The lowest BCUT2D eigenvalue weighted by Crippen LogP contribution is -2.50. The second-order valence-electron chi connectivity index (χ2n) is 5.50. The zero-order chi connectivity index (χ0) is 16.4. The molecule has 1 fully saturated rings. The molecule has 122 valence electrons. The smallest absolute Gasteiger partial charge is 0.173 e. The predicted molar refractivity (Wildman–Crippen MR) is 87.1 cm³/mol. The summed E-state index contributed by atoms with van der Waals surface area (Å²) in [6.45, 7) is 1.97. The number of hydrogen-bond donors (Lipinski definition) is 3. The van der Waals surface area contributed by atoms with Crippen LogP contribution < -0.4 is 4.74 Å². The molecule has 0 aliphatic carbocycles. The van der Waals surface area contributed by atoms with Crippen LogP contribution in [0.4, 0.5) is 0 Å². The van der Waals surface area contributed by atoms with Crippen molar-refractivity contribution >= 4 is 11.8 Å². The van der Waals surface area contributed by atoms with Crippen LogP contribution in [0.2, 0.25) is 0 Å². The Morgan fingerprint density at radius 1 is 1.13 bits per heavy atom. The van der Waals surface area contributed by atoms with E-state index in [2.05, 4.69) is 9.97 Å². The molecule has 1 saturated heterocycles. The largest absolute Gasteiger partial charge is 0.475 e. The summed E-state index contributed by atoms with van der Waals surface area (Å²) in [5, 5.41) is 29.3. The molecule has 0 spiro atoms. The van der Waals surface area contributed by atoms with Gasteiger partial charge in [0.2, 0.25) is 0 Å². The first kappa shape index (κ1) is 16.2. The summed E-state index contributed by atoms with van der Waals surface area (Å²) >= 11 is 1.26. The molecule has 23 heavy (non-hydrogen) atoms. The van der Waals surface area contributed by atoms with Crippen LogP contribution in [-0.2, 0) is 0 Å². The van der Waals surface area contributed by atoms with Gasteiger partial charge in [-0.25, -0.2) is 0 Å². The topological polar surface area (TPSA) is 95.7 Å². The van der Waals surface area contributed by atoms with E-state index in [0.29, 0.717) is 11.5 Å². The SMILES string of the molecule is Cc1ccc(-c2cncc(O[C@H]3SC[C@@H](O)[C@H](O)[C@H]3O)c2)nc1. The quantitative estimate of drug-likeness (QED) is 0.770. The van der Waals surface area contributed by atoms with Gasteiger partial charge in [0, 0.05) is 23.7 Å². The second kappa shape index (κ2) is 6.84. The summed E-state index contributed by atoms with van der Waals surface area (Å²) < 4.78 is 5.72. The van der Waals surface area contributed by atoms with Gasteiger partial charge in [-0.1, -0.05) is 6.07 Å². The van der Waals surface area contributed by atoms with E-state index in [-0.39, 0.29) is 0 Å². The zero-order valence-corrected chi connectivity index (χ0v) is 13.3. The zero-order valence-electron chi connectivity index (χ0n) is 12.5. The standard InChI is InChI=1S/C16H18N2O4S/c1-9-2-3-12(18-5-9)10-4-11(7-17-6-10)22-16-15(21)14(20)13(19)8-23-16/h2-7,13-16,19-21H,8H2,1H3/t13-,14+,15-,16+/m1/s1. The number of aryl methyl sites for hydroxylation is 1. The maximum Gasteiger partial charge on any atom is 0.173 e. The molecule has 0 bridgehead atoms. The van der Waals surface area contributed by atoms with Crippen LogP contribution in [0.5, 0.6) is 5.75 Å². The van der Waals surface area contributed by atoms with Gasteiger partial charge in [0.05, 0.1) is 18.0 Å². The number of rotatable bonds is 3. The summed E-state index contributed by atoms with van der Waals surface area (Å²) in [5.41, 5.74) is 2.00. The first-order chi connectivity index (χ1) is 11.0. The fraction of sp³-hybridized carbons (Fsp3) is 0.375. The third-order valence-corrected chi connectivity index (χ3v) is 4.86. The Hall–Kier alpha value is -1.67. The molecular formula is C16H18N2O4S. The van der Waals surface area contributed by atoms with E-state index in [0.717, 1.165) is 16.8 Å². The molecule has 0 radical (unpaired) electrons. The lowest BCUT2D eigenvalue weighted by Gasteiger charge is -2.34. The number of thioether (sulfide) groups is 1. The number of aliphatic hydroxyl groups excluding tert-OH is 3. The average molecular weight is 334 g/mol. The number of pyridine rings is 2. The van der Waals surface area contributed by atoms with Crippen molar-refractivity contribution in [3.05, 3.63) is 42.4 Å². The van der Waals surface area contributed by atoms with Crippen molar-refractivity contribution < 1.29 is 20.1 Å². The Balaban J connectivity index is 1.76. The Kier molecular flexibility index (Phi) is 4.82. The molecule has 0 amide bonds. The number of aromatic nitrogens is 2. The maximum atomic E-state index is 10.00. The van der Waals surface area contributed by atoms with E-state index in [9.17, 15) is 15.3 Å². The van der Waals surface area contributed by atoms with Crippen molar-refractivity contribution in [1.82, 2.24) is 9.97 Å². The van der Waals surface area contributed by atoms with Crippen LogP contribution in [0, 0.1) is 6.92 Å². The molecule has 1 aliphatic rings. The highest BCUT2D eigenvalue weighted by molar-refractivity contribution is 7.99. The molecular weight excluding hydrogens is 316 g/mol. The van der Waals surface area contributed by atoms with E-state index in [1.165, 1.54) is 11.8 Å². The third-order valence-electron chi connectivity index (χ3n) is 3.63. The first-order valence-corrected chi connectivity index (χ1v) is 8.30.